The number of carbonyl (C=O) groups is 1. The molecule has 0 bridgehead atoms. The molecule has 0 radical (unpaired) electrons. The first-order valence-corrected chi connectivity index (χ1v) is 9.60. The molecule has 4 rings (SSSR count). The first-order chi connectivity index (χ1) is 13.9. The number of ketones is 1. The van der Waals surface area contributed by atoms with Crippen molar-refractivity contribution >= 4 is 34.6 Å². The number of Topliss-reactive ketones (excluding diaryl/α,β-unsaturated/α-hetero) is 1. The zero-order valence-corrected chi connectivity index (χ0v) is 16.3. The van der Waals surface area contributed by atoms with Gasteiger partial charge in [0.2, 0.25) is 0 Å². The maximum Gasteiger partial charge on any atom is 0.271 e. The van der Waals surface area contributed by atoms with Crippen LogP contribution in [-0.4, -0.2) is 21.9 Å². The zero-order valence-electron chi connectivity index (χ0n) is 15.4. The second-order valence-corrected chi connectivity index (χ2v) is 7.57. The summed E-state index contributed by atoms with van der Waals surface area (Å²) in [5.74, 6) is -0.00227. The lowest BCUT2D eigenvalue weighted by molar-refractivity contribution is -0.384. The largest absolute Gasteiger partial charge is 0.334 e. The van der Waals surface area contributed by atoms with Crippen molar-refractivity contribution in [3.05, 3.63) is 89.5 Å². The van der Waals surface area contributed by atoms with E-state index in [4.69, 9.17) is 0 Å². The van der Waals surface area contributed by atoms with Gasteiger partial charge in [-0.2, -0.15) is 0 Å². The van der Waals surface area contributed by atoms with E-state index in [0.717, 1.165) is 5.69 Å². The minimum absolute atomic E-state index is 0.00227. The molecule has 8 nitrogen and oxygen atoms in total. The van der Waals surface area contributed by atoms with Gasteiger partial charge in [0.1, 0.15) is 13.3 Å². The highest BCUT2D eigenvalue weighted by molar-refractivity contribution is 7.07. The zero-order chi connectivity index (χ0) is 20.5. The highest BCUT2D eigenvalue weighted by Crippen LogP contribution is 2.17. The fourth-order valence-electron chi connectivity index (χ4n) is 3.06. The van der Waals surface area contributed by atoms with E-state index in [-0.39, 0.29) is 17.0 Å². The second kappa shape index (κ2) is 7.44. The van der Waals surface area contributed by atoms with Crippen LogP contribution in [0.2, 0.25) is 0 Å². The van der Waals surface area contributed by atoms with Crippen LogP contribution in [0.1, 0.15) is 22.8 Å². The van der Waals surface area contributed by atoms with Gasteiger partial charge >= 0.3 is 0 Å². The molecular formula is C20H16N4O4S. The summed E-state index contributed by atoms with van der Waals surface area (Å²) in [6, 6.07) is 13.3. The quantitative estimate of drug-likeness (QED) is 0.373. The van der Waals surface area contributed by atoms with Gasteiger partial charge in [0.25, 0.3) is 11.2 Å². The number of non-ortho nitro benzene ring substituents is 1. The van der Waals surface area contributed by atoms with Crippen LogP contribution in [0.4, 0.5) is 11.4 Å². The second-order valence-electron chi connectivity index (χ2n) is 6.56. The van der Waals surface area contributed by atoms with Crippen LogP contribution in [0.15, 0.2) is 58.3 Å². The van der Waals surface area contributed by atoms with Gasteiger partial charge in [0, 0.05) is 23.4 Å². The Labute approximate surface area is 168 Å². The maximum atomic E-state index is 12.8. The molecule has 0 N–H and O–H groups in total. The molecule has 1 aliphatic rings. The van der Waals surface area contributed by atoms with Crippen LogP contribution in [-0.2, 0) is 6.67 Å². The van der Waals surface area contributed by atoms with E-state index in [9.17, 15) is 19.7 Å². The van der Waals surface area contributed by atoms with Crippen molar-refractivity contribution in [3.63, 3.8) is 0 Å². The standard InChI is InChI=1S/C20H16N4O4S/c1-13(25)15-5-7-16(8-6-15)22-11-21-20-23(12-22)19(26)18(29-20)10-14-3-2-4-17(9-14)24(27)28/h2-10H,11-12H2,1H3/b18-10-. The number of nitro groups is 1. The first-order valence-electron chi connectivity index (χ1n) is 8.78. The van der Waals surface area contributed by atoms with Crippen LogP contribution < -0.4 is 19.8 Å². The average Bonchev–Trinajstić information content (AvgIpc) is 3.03. The molecule has 146 valence electrons. The monoisotopic (exact) mass is 408 g/mol. The summed E-state index contributed by atoms with van der Waals surface area (Å²) in [6.07, 6.45) is 1.65. The van der Waals surface area contributed by atoms with Gasteiger partial charge in [-0.05, 0) is 42.8 Å². The Morgan fingerprint density at radius 1 is 1.24 bits per heavy atom. The molecule has 2 heterocycles. The Balaban J connectivity index is 1.66. The fraction of sp³-hybridized carbons (Fsp3) is 0.150. The summed E-state index contributed by atoms with van der Waals surface area (Å²) in [7, 11) is 0. The summed E-state index contributed by atoms with van der Waals surface area (Å²) in [5, 5.41) is 11.0. The maximum absolute atomic E-state index is 12.8. The number of hydrogen-bond acceptors (Lipinski definition) is 7. The molecule has 9 heteroatoms. The lowest BCUT2D eigenvalue weighted by Gasteiger charge is -2.25. The molecule has 0 saturated heterocycles. The number of fused-ring (bicyclic) bond motifs is 1. The number of aromatic nitrogens is 1. The van der Waals surface area contributed by atoms with E-state index in [1.807, 2.05) is 17.0 Å². The van der Waals surface area contributed by atoms with Gasteiger partial charge in [-0.15, -0.1) is 0 Å². The van der Waals surface area contributed by atoms with Gasteiger partial charge < -0.3 is 4.90 Å². The molecule has 0 saturated carbocycles. The van der Waals surface area contributed by atoms with E-state index in [0.29, 0.717) is 33.8 Å². The molecule has 29 heavy (non-hydrogen) atoms. The Hall–Kier alpha value is -3.59. The highest BCUT2D eigenvalue weighted by atomic mass is 32.1. The van der Waals surface area contributed by atoms with E-state index >= 15 is 0 Å². The van der Waals surface area contributed by atoms with Crippen LogP contribution in [0.25, 0.3) is 6.08 Å². The normalized spacial score (nSPS) is 13.7. The number of thiazole rings is 1. The number of carbonyl (C=O) groups excluding carboxylic acids is 1. The van der Waals surface area contributed by atoms with E-state index in [2.05, 4.69) is 4.99 Å². The van der Waals surface area contributed by atoms with Crippen molar-refractivity contribution in [2.24, 2.45) is 4.99 Å². The molecule has 1 aromatic heterocycles. The topological polar surface area (TPSA) is 97.8 Å². The number of rotatable bonds is 4. The minimum atomic E-state index is -0.464. The number of anilines is 1. The third-order valence-electron chi connectivity index (χ3n) is 4.59. The summed E-state index contributed by atoms with van der Waals surface area (Å²) in [6.45, 7) is 2.26. The van der Waals surface area contributed by atoms with Crippen LogP contribution in [0.3, 0.4) is 0 Å². The summed E-state index contributed by atoms with van der Waals surface area (Å²) in [5.41, 5.74) is 1.87. The predicted octanol–water partition coefficient (Wildman–Crippen LogP) is 1.90. The van der Waals surface area contributed by atoms with Gasteiger partial charge in [-0.25, -0.2) is 4.99 Å². The average molecular weight is 408 g/mol. The Bertz CT molecular complexity index is 1290. The van der Waals surface area contributed by atoms with Crippen LogP contribution in [0, 0.1) is 10.1 Å². The third kappa shape index (κ3) is 3.72. The molecule has 0 amide bonds. The van der Waals surface area contributed by atoms with Crippen molar-refractivity contribution in [1.82, 2.24) is 4.57 Å². The van der Waals surface area contributed by atoms with E-state index in [1.165, 1.54) is 30.4 Å². The van der Waals surface area contributed by atoms with E-state index < -0.39 is 4.92 Å². The highest BCUT2D eigenvalue weighted by Gasteiger charge is 2.16. The SMILES string of the molecule is CC(=O)c1ccc(N2CN=c3s/c(=C\c4cccc([N+](=O)[O-])c4)c(=O)n3C2)cc1. The minimum Gasteiger partial charge on any atom is -0.334 e. The number of nitro benzene ring substituents is 1. The summed E-state index contributed by atoms with van der Waals surface area (Å²) < 4.78 is 2.05. The van der Waals surface area contributed by atoms with Crippen LogP contribution >= 0.6 is 11.3 Å². The van der Waals surface area contributed by atoms with Gasteiger partial charge in [-0.3, -0.25) is 24.3 Å². The molecule has 3 aromatic rings. The van der Waals surface area contributed by atoms with Gasteiger partial charge in [-0.1, -0.05) is 23.5 Å². The third-order valence-corrected chi connectivity index (χ3v) is 5.64. The number of benzene rings is 2. The summed E-state index contributed by atoms with van der Waals surface area (Å²) in [4.78, 5) is 41.8. The van der Waals surface area contributed by atoms with Crippen molar-refractivity contribution in [1.29, 1.82) is 0 Å². The fourth-order valence-corrected chi connectivity index (χ4v) is 4.02. The number of hydrogen-bond donors (Lipinski definition) is 0. The number of nitrogens with zero attached hydrogens (tertiary/aromatic N) is 4. The van der Waals surface area contributed by atoms with Crippen LogP contribution in [0.5, 0.6) is 0 Å². The Morgan fingerprint density at radius 3 is 2.69 bits per heavy atom. The van der Waals surface area contributed by atoms with Gasteiger partial charge in [0.05, 0.1) is 9.46 Å². The molecular weight excluding hydrogens is 392 g/mol. The Morgan fingerprint density at radius 2 is 2.00 bits per heavy atom. The molecule has 1 aliphatic heterocycles. The first kappa shape index (κ1) is 18.8. The van der Waals surface area contributed by atoms with Crippen molar-refractivity contribution in [3.8, 4) is 0 Å². The lowest BCUT2D eigenvalue weighted by Crippen LogP contribution is -2.42. The summed E-state index contributed by atoms with van der Waals surface area (Å²) >= 11 is 1.26. The Kier molecular flexibility index (Phi) is 4.81. The molecule has 0 spiro atoms. The van der Waals surface area contributed by atoms with Crippen molar-refractivity contribution in [2.45, 2.75) is 13.6 Å². The molecule has 0 unspecified atom stereocenters. The smallest absolute Gasteiger partial charge is 0.271 e. The van der Waals surface area contributed by atoms with Gasteiger partial charge in [0.15, 0.2) is 10.6 Å². The van der Waals surface area contributed by atoms with E-state index in [1.54, 1.807) is 34.9 Å². The molecule has 0 aliphatic carbocycles. The molecule has 0 atom stereocenters. The van der Waals surface area contributed by atoms with Crippen molar-refractivity contribution in [2.75, 3.05) is 11.6 Å². The predicted molar refractivity (Wildman–Crippen MR) is 110 cm³/mol. The molecule has 0 fully saturated rings. The van der Waals surface area contributed by atoms with Crippen molar-refractivity contribution < 1.29 is 9.72 Å². The molecule has 2 aromatic carbocycles. The lowest BCUT2D eigenvalue weighted by atomic mass is 10.1.